The van der Waals surface area contributed by atoms with Gasteiger partial charge in [-0.05, 0) is 0 Å². The van der Waals surface area contributed by atoms with Gasteiger partial charge in [0, 0.05) is 0 Å². The summed E-state index contributed by atoms with van der Waals surface area (Å²) in [5.41, 5.74) is 0. The van der Waals surface area contributed by atoms with Gasteiger partial charge in [-0.1, -0.05) is 64.7 Å². The summed E-state index contributed by atoms with van der Waals surface area (Å²) in [6.07, 6.45) is 29.4. The molecule has 1 heteroatoms. The zero-order valence-corrected chi connectivity index (χ0v) is 21.3. The van der Waals surface area contributed by atoms with Gasteiger partial charge in [0.15, 0.2) is 0 Å². The van der Waals surface area contributed by atoms with Crippen molar-refractivity contribution < 1.29 is 0 Å². The van der Waals surface area contributed by atoms with E-state index >= 15 is 0 Å². The second-order valence-corrected chi connectivity index (χ2v) is 20.5. The molecule has 0 nitrogen and oxygen atoms in total. The molecule has 157 valence electrons. The monoisotopic (exact) mass is 427 g/mol. The van der Waals surface area contributed by atoms with Crippen LogP contribution in [0.4, 0.5) is 0 Å². The number of rotatable bonds is 21. The van der Waals surface area contributed by atoms with Crippen molar-refractivity contribution >= 4 is 13.3 Å². The number of hydrogen-bond acceptors (Lipinski definition) is 0. The summed E-state index contributed by atoms with van der Waals surface area (Å²) in [6.45, 7) is 2.30. The summed E-state index contributed by atoms with van der Waals surface area (Å²) in [5.74, 6) is 7.49. The van der Waals surface area contributed by atoms with E-state index in [-0.39, 0.29) is 0 Å². The molecule has 0 amide bonds. The Kier molecular flexibility index (Phi) is 20.7. The van der Waals surface area contributed by atoms with E-state index in [2.05, 4.69) is 29.4 Å². The Labute approximate surface area is 171 Å². The van der Waals surface area contributed by atoms with Crippen LogP contribution in [-0.4, -0.2) is 13.3 Å². The van der Waals surface area contributed by atoms with Crippen molar-refractivity contribution in [2.75, 3.05) is 0 Å². The van der Waals surface area contributed by atoms with Crippen molar-refractivity contribution in [3.8, 4) is 0 Å². The molecule has 0 aliphatic heterocycles. The van der Waals surface area contributed by atoms with Gasteiger partial charge in [0.05, 0.1) is 0 Å². The Morgan fingerprint density at radius 1 is 0.423 bits per heavy atom. The van der Waals surface area contributed by atoms with Crippen molar-refractivity contribution in [2.24, 2.45) is 0 Å². The average Bonchev–Trinajstić information content (AvgIpc) is 2.59. The van der Waals surface area contributed by atoms with Gasteiger partial charge in [-0.2, -0.15) is 0 Å². The minimum atomic E-state index is -1.35. The molecule has 0 fully saturated rings. The fraction of sp³-hybridized carbons (Fsp3) is 0.960. The molecule has 0 aromatic carbocycles. The van der Waals surface area contributed by atoms with Crippen molar-refractivity contribution in [1.82, 2.24) is 0 Å². The quantitative estimate of drug-likeness (QED) is 0.127. The maximum atomic E-state index is 2.67. The molecule has 0 aromatic rings. The van der Waals surface area contributed by atoms with Crippen molar-refractivity contribution in [3.05, 3.63) is 5.25 Å². The molecule has 26 heavy (non-hydrogen) atoms. The number of unbranched alkanes of at least 4 members (excludes halogenated alkanes) is 19. The van der Waals surface area contributed by atoms with Gasteiger partial charge in [-0.15, -0.1) is 0 Å². The summed E-state index contributed by atoms with van der Waals surface area (Å²) in [4.78, 5) is 0. The molecule has 0 N–H and O–H groups in total. The van der Waals surface area contributed by atoms with Gasteiger partial charge in [0.2, 0.25) is 0 Å². The zero-order chi connectivity index (χ0) is 19.3. The molecule has 0 aromatic heterocycles. The topological polar surface area (TPSA) is 0 Å². The standard InChI is InChI=1S/C25H53Ge/c1-5-6-7-8-9-10-11-12-13-14-15-16-17-18-19-20-21-22-23-24-25-26(2,3)4/h25H,5-24H2,1-4H3. The van der Waals surface area contributed by atoms with Crippen molar-refractivity contribution in [3.63, 3.8) is 0 Å². The van der Waals surface area contributed by atoms with Crippen LogP contribution in [0.5, 0.6) is 0 Å². The van der Waals surface area contributed by atoms with Crippen LogP contribution in [0.1, 0.15) is 135 Å². The predicted molar refractivity (Wildman–Crippen MR) is 126 cm³/mol. The second kappa shape index (κ2) is 20.3. The third kappa shape index (κ3) is 24.5. The molecule has 0 aliphatic carbocycles. The summed E-state index contributed by atoms with van der Waals surface area (Å²) in [6, 6.07) is 0. The van der Waals surface area contributed by atoms with E-state index in [9.17, 15) is 0 Å². The van der Waals surface area contributed by atoms with Crippen LogP contribution in [-0.2, 0) is 0 Å². The summed E-state index contributed by atoms with van der Waals surface area (Å²) in [7, 11) is 0. The van der Waals surface area contributed by atoms with Gasteiger partial charge in [0.1, 0.15) is 0 Å². The fourth-order valence-corrected chi connectivity index (χ4v) is 6.00. The van der Waals surface area contributed by atoms with E-state index in [0.717, 1.165) is 0 Å². The molecule has 0 spiro atoms. The fourth-order valence-electron chi connectivity index (χ4n) is 3.76. The Hall–Kier alpha value is 0.543. The van der Waals surface area contributed by atoms with E-state index in [1.165, 1.54) is 128 Å². The molecule has 0 unspecified atom stereocenters. The first-order valence-corrected chi connectivity index (χ1v) is 19.9. The molecule has 1 radical (unpaired) electrons. The third-order valence-electron chi connectivity index (χ3n) is 5.56. The number of hydrogen-bond donors (Lipinski definition) is 0. The van der Waals surface area contributed by atoms with E-state index in [0.29, 0.717) is 0 Å². The van der Waals surface area contributed by atoms with E-state index in [1.54, 1.807) is 0 Å². The first kappa shape index (κ1) is 26.5. The molecule has 0 heterocycles. The zero-order valence-electron chi connectivity index (χ0n) is 19.2. The van der Waals surface area contributed by atoms with Crippen LogP contribution in [0.2, 0.25) is 17.3 Å². The third-order valence-corrected chi connectivity index (χ3v) is 8.74. The molecule has 0 saturated carbocycles. The SMILES string of the molecule is CCCCCCCCCCCCCCCCCCCCC[CH][Ge]([CH3])([CH3])[CH3]. The van der Waals surface area contributed by atoms with Crippen LogP contribution in [0, 0.1) is 5.25 Å². The molecule has 0 atom stereocenters. The van der Waals surface area contributed by atoms with Crippen LogP contribution in [0.25, 0.3) is 0 Å². The maximum absolute atomic E-state index is 2.67. The van der Waals surface area contributed by atoms with Crippen LogP contribution in [0.15, 0.2) is 0 Å². The van der Waals surface area contributed by atoms with Gasteiger partial charge in [-0.3, -0.25) is 0 Å². The van der Waals surface area contributed by atoms with Gasteiger partial charge in [0.25, 0.3) is 0 Å². The minimum absolute atomic E-state index is 1.35. The molecule has 0 saturated heterocycles. The Balaban J connectivity index is 3.01. The first-order valence-electron chi connectivity index (χ1n) is 12.4. The van der Waals surface area contributed by atoms with Crippen molar-refractivity contribution in [1.29, 1.82) is 0 Å². The van der Waals surface area contributed by atoms with Gasteiger partial charge >= 0.3 is 106 Å². The molecular weight excluding hydrogens is 373 g/mol. The van der Waals surface area contributed by atoms with Gasteiger partial charge in [-0.25, -0.2) is 0 Å². The average molecular weight is 426 g/mol. The predicted octanol–water partition coefficient (Wildman–Crippen LogP) is 9.89. The summed E-state index contributed by atoms with van der Waals surface area (Å²) in [5, 5.41) is 2.67. The molecular formula is C25H53Ge. The van der Waals surface area contributed by atoms with E-state index < -0.39 is 13.3 Å². The van der Waals surface area contributed by atoms with E-state index in [4.69, 9.17) is 0 Å². The summed E-state index contributed by atoms with van der Waals surface area (Å²) >= 11 is -1.35. The Bertz CT molecular complexity index is 253. The molecule has 0 rings (SSSR count). The summed E-state index contributed by atoms with van der Waals surface area (Å²) < 4.78 is 0. The second-order valence-electron chi connectivity index (χ2n) is 9.72. The molecule has 0 aliphatic rings. The Morgan fingerprint density at radius 3 is 0.962 bits per heavy atom. The van der Waals surface area contributed by atoms with Crippen molar-refractivity contribution in [2.45, 2.75) is 153 Å². The first-order chi connectivity index (χ1) is 12.6. The van der Waals surface area contributed by atoms with Gasteiger partial charge < -0.3 is 0 Å². The Morgan fingerprint density at radius 2 is 0.692 bits per heavy atom. The van der Waals surface area contributed by atoms with Crippen LogP contribution in [0.3, 0.4) is 0 Å². The molecule has 0 bridgehead atoms. The van der Waals surface area contributed by atoms with Crippen LogP contribution >= 0.6 is 0 Å². The van der Waals surface area contributed by atoms with Crippen LogP contribution < -0.4 is 0 Å². The normalized spacial score (nSPS) is 12.0. The van der Waals surface area contributed by atoms with E-state index in [1.807, 2.05) is 0 Å².